The molecule has 0 fully saturated rings. The number of aryl methyl sites for hydroxylation is 1. The molecule has 0 aliphatic heterocycles. The summed E-state index contributed by atoms with van der Waals surface area (Å²) >= 11 is 2.86. The Kier molecular flexibility index (Phi) is 7.87. The molecule has 0 atom stereocenters. The van der Waals surface area contributed by atoms with Crippen LogP contribution in [-0.4, -0.2) is 29.2 Å². The van der Waals surface area contributed by atoms with E-state index < -0.39 is 5.97 Å². The van der Waals surface area contributed by atoms with Crippen molar-refractivity contribution in [2.45, 2.75) is 32.8 Å². The number of ketones is 1. The molecule has 0 spiro atoms. The van der Waals surface area contributed by atoms with Crippen LogP contribution in [0.25, 0.3) is 10.6 Å². The summed E-state index contributed by atoms with van der Waals surface area (Å²) in [5.74, 6) is -0.711. The minimum absolute atomic E-state index is 0.0483. The largest absolute Gasteiger partial charge is 0.459 e. The van der Waals surface area contributed by atoms with Gasteiger partial charge in [-0.25, -0.2) is 4.98 Å². The number of nitrogens with zero attached hydrogens (tertiary/aromatic N) is 1. The average Bonchev–Trinajstić information content (AvgIpc) is 3.43. The van der Waals surface area contributed by atoms with E-state index in [0.717, 1.165) is 10.6 Å². The van der Waals surface area contributed by atoms with Crippen molar-refractivity contribution in [2.24, 2.45) is 0 Å². The van der Waals surface area contributed by atoms with Crippen molar-refractivity contribution in [1.29, 1.82) is 0 Å². The second-order valence-electron chi connectivity index (χ2n) is 6.67. The number of benzene rings is 1. The van der Waals surface area contributed by atoms with Crippen LogP contribution in [0.15, 0.2) is 47.2 Å². The molecule has 30 heavy (non-hydrogen) atoms. The van der Waals surface area contributed by atoms with Crippen LogP contribution >= 0.6 is 22.7 Å². The number of rotatable bonds is 10. The number of amides is 1. The molecule has 0 unspecified atom stereocenters. The third-order valence-electron chi connectivity index (χ3n) is 4.26. The van der Waals surface area contributed by atoms with Crippen LogP contribution in [0.1, 0.15) is 40.2 Å². The van der Waals surface area contributed by atoms with E-state index in [1.54, 1.807) is 12.1 Å². The predicted molar refractivity (Wildman–Crippen MR) is 118 cm³/mol. The van der Waals surface area contributed by atoms with Gasteiger partial charge in [0.05, 0.1) is 17.0 Å². The Morgan fingerprint density at radius 1 is 1.03 bits per heavy atom. The Hall–Kier alpha value is -2.84. The van der Waals surface area contributed by atoms with E-state index in [-0.39, 0.29) is 44.1 Å². The smallest absolute Gasteiger partial charge is 0.307 e. The first-order valence-electron chi connectivity index (χ1n) is 9.52. The van der Waals surface area contributed by atoms with E-state index in [1.165, 1.54) is 28.2 Å². The summed E-state index contributed by atoms with van der Waals surface area (Å²) in [6.45, 7) is 2.31. The number of carbonyl (C=O) groups excluding carboxylic acids is 3. The maximum Gasteiger partial charge on any atom is 0.307 e. The normalized spacial score (nSPS) is 10.6. The lowest BCUT2D eigenvalue weighted by Crippen LogP contribution is -2.26. The molecule has 3 rings (SSSR count). The summed E-state index contributed by atoms with van der Waals surface area (Å²) in [5.41, 5.74) is 2.91. The zero-order valence-corrected chi connectivity index (χ0v) is 18.2. The van der Waals surface area contributed by atoms with Gasteiger partial charge >= 0.3 is 5.97 Å². The lowest BCUT2D eigenvalue weighted by atomic mass is 10.2. The second kappa shape index (κ2) is 10.8. The lowest BCUT2D eigenvalue weighted by molar-refractivity contribution is -0.144. The summed E-state index contributed by atoms with van der Waals surface area (Å²) in [5, 5.41) is 7.22. The molecule has 1 N–H and O–H groups in total. The van der Waals surface area contributed by atoms with E-state index in [9.17, 15) is 14.4 Å². The van der Waals surface area contributed by atoms with E-state index in [0.29, 0.717) is 10.6 Å². The van der Waals surface area contributed by atoms with Crippen LogP contribution in [-0.2, 0) is 20.9 Å². The van der Waals surface area contributed by atoms with Gasteiger partial charge in [0.15, 0.2) is 5.78 Å². The van der Waals surface area contributed by atoms with Crippen molar-refractivity contribution in [2.75, 3.05) is 6.54 Å². The van der Waals surface area contributed by atoms with Gasteiger partial charge < -0.3 is 10.1 Å². The minimum atomic E-state index is -0.408. The highest BCUT2D eigenvalue weighted by molar-refractivity contribution is 7.13. The lowest BCUT2D eigenvalue weighted by Gasteiger charge is -2.05. The molecule has 1 aromatic carbocycles. The average molecular weight is 443 g/mol. The van der Waals surface area contributed by atoms with Crippen molar-refractivity contribution < 1.29 is 19.1 Å². The van der Waals surface area contributed by atoms with Gasteiger partial charge in [0.2, 0.25) is 5.91 Å². The fraction of sp³-hybridized carbons (Fsp3) is 0.273. The molecule has 0 saturated heterocycles. The van der Waals surface area contributed by atoms with Crippen LogP contribution in [0.3, 0.4) is 0 Å². The number of thiophene rings is 1. The highest BCUT2D eigenvalue weighted by Crippen LogP contribution is 2.24. The fourth-order valence-electron chi connectivity index (χ4n) is 2.61. The minimum Gasteiger partial charge on any atom is -0.459 e. The van der Waals surface area contributed by atoms with Crippen molar-refractivity contribution in [3.8, 4) is 10.6 Å². The van der Waals surface area contributed by atoms with Crippen molar-refractivity contribution >= 4 is 40.3 Å². The zero-order chi connectivity index (χ0) is 21.3. The Morgan fingerprint density at radius 2 is 1.83 bits per heavy atom. The van der Waals surface area contributed by atoms with Gasteiger partial charge in [0, 0.05) is 30.3 Å². The Labute approximate surface area is 182 Å². The quantitative estimate of drug-likeness (QED) is 0.372. The van der Waals surface area contributed by atoms with Gasteiger partial charge in [0.25, 0.3) is 0 Å². The molecule has 156 valence electrons. The standard InChI is InChI=1S/C22H22N2O4S2/c1-15-4-6-16(7-5-15)22-24-17(14-30-22)13-28-21(27)10-11-23-20(26)9-8-18(25)19-3-2-12-29-19/h2-7,12,14H,8-11,13H2,1H3,(H,23,26). The van der Waals surface area contributed by atoms with Gasteiger partial charge in [-0.15, -0.1) is 22.7 Å². The van der Waals surface area contributed by atoms with E-state index in [1.807, 2.05) is 41.9 Å². The number of Topliss-reactive ketones (excluding diaryl/α,β-unsaturated/α-hetero) is 1. The zero-order valence-electron chi connectivity index (χ0n) is 16.6. The number of thiazole rings is 1. The summed E-state index contributed by atoms with van der Waals surface area (Å²) in [6.07, 6.45) is 0.329. The number of carbonyl (C=O) groups is 3. The van der Waals surface area contributed by atoms with Crippen molar-refractivity contribution in [3.05, 3.63) is 63.3 Å². The fourth-order valence-corrected chi connectivity index (χ4v) is 4.11. The number of ether oxygens (including phenoxy) is 1. The molecule has 6 nitrogen and oxygen atoms in total. The molecule has 0 saturated carbocycles. The van der Waals surface area contributed by atoms with Gasteiger partial charge in [-0.2, -0.15) is 0 Å². The molecule has 2 aromatic heterocycles. The number of aromatic nitrogens is 1. The van der Waals surface area contributed by atoms with Crippen LogP contribution in [0.4, 0.5) is 0 Å². The van der Waals surface area contributed by atoms with Crippen molar-refractivity contribution in [1.82, 2.24) is 10.3 Å². The molecular weight excluding hydrogens is 420 g/mol. The molecule has 8 heteroatoms. The highest BCUT2D eigenvalue weighted by Gasteiger charge is 2.11. The molecule has 0 bridgehead atoms. The van der Waals surface area contributed by atoms with E-state index in [4.69, 9.17) is 4.74 Å². The summed E-state index contributed by atoms with van der Waals surface area (Å²) in [6, 6.07) is 11.6. The topological polar surface area (TPSA) is 85.4 Å². The first kappa shape index (κ1) is 21.9. The SMILES string of the molecule is Cc1ccc(-c2nc(COC(=O)CCNC(=O)CCC(=O)c3cccs3)cs2)cc1. The van der Waals surface area contributed by atoms with E-state index in [2.05, 4.69) is 10.3 Å². The first-order chi connectivity index (χ1) is 14.5. The molecule has 1 amide bonds. The number of hydrogen-bond donors (Lipinski definition) is 1. The second-order valence-corrected chi connectivity index (χ2v) is 8.48. The van der Waals surface area contributed by atoms with E-state index >= 15 is 0 Å². The van der Waals surface area contributed by atoms with Crippen LogP contribution in [0, 0.1) is 6.92 Å². The molecule has 3 aromatic rings. The van der Waals surface area contributed by atoms with Gasteiger partial charge in [-0.3, -0.25) is 14.4 Å². The molecule has 0 aliphatic rings. The number of esters is 1. The Balaban J connectivity index is 1.33. The summed E-state index contributed by atoms with van der Waals surface area (Å²) in [4.78, 5) is 40.7. The predicted octanol–water partition coefficient (Wildman–Crippen LogP) is 4.39. The Bertz CT molecular complexity index is 995. The monoisotopic (exact) mass is 442 g/mol. The van der Waals surface area contributed by atoms with Gasteiger partial charge in [-0.05, 0) is 18.4 Å². The van der Waals surface area contributed by atoms with Crippen LogP contribution in [0.5, 0.6) is 0 Å². The maximum atomic E-state index is 11.9. The molecule has 2 heterocycles. The van der Waals surface area contributed by atoms with Crippen LogP contribution < -0.4 is 5.32 Å². The third-order valence-corrected chi connectivity index (χ3v) is 6.11. The molecule has 0 aliphatic carbocycles. The number of hydrogen-bond acceptors (Lipinski definition) is 7. The molecular formula is C22H22N2O4S2. The Morgan fingerprint density at radius 3 is 2.57 bits per heavy atom. The maximum absolute atomic E-state index is 11.9. The molecule has 0 radical (unpaired) electrons. The summed E-state index contributed by atoms with van der Waals surface area (Å²) < 4.78 is 5.23. The highest BCUT2D eigenvalue weighted by atomic mass is 32.1. The number of nitrogens with one attached hydrogen (secondary N) is 1. The van der Waals surface area contributed by atoms with Crippen molar-refractivity contribution in [3.63, 3.8) is 0 Å². The first-order valence-corrected chi connectivity index (χ1v) is 11.3. The van der Waals surface area contributed by atoms with Gasteiger partial charge in [-0.1, -0.05) is 35.9 Å². The third kappa shape index (κ3) is 6.60. The summed E-state index contributed by atoms with van der Waals surface area (Å²) in [7, 11) is 0. The van der Waals surface area contributed by atoms with Gasteiger partial charge in [0.1, 0.15) is 11.6 Å². The van der Waals surface area contributed by atoms with Crippen LogP contribution in [0.2, 0.25) is 0 Å².